The van der Waals surface area contributed by atoms with Crippen LogP contribution in [0, 0.1) is 0 Å². The maximum absolute atomic E-state index is 9.68. The molecule has 110 valence electrons. The maximum atomic E-state index is 9.68. The third-order valence-corrected chi connectivity index (χ3v) is 3.86. The van der Waals surface area contributed by atoms with Gasteiger partial charge in [-0.1, -0.05) is 18.2 Å². The highest BCUT2D eigenvalue weighted by atomic mass is 16.3. The Morgan fingerprint density at radius 1 is 1.14 bits per heavy atom. The van der Waals surface area contributed by atoms with Gasteiger partial charge in [-0.25, -0.2) is 9.97 Å². The Balaban J connectivity index is 1.68. The van der Waals surface area contributed by atoms with Gasteiger partial charge in [0, 0.05) is 18.0 Å². The molecule has 1 N–H and O–H groups in total. The van der Waals surface area contributed by atoms with Crippen molar-refractivity contribution >= 4 is 12.2 Å². The molecule has 22 heavy (non-hydrogen) atoms. The second kappa shape index (κ2) is 5.31. The highest BCUT2D eigenvalue weighted by molar-refractivity contribution is 6.01. The Morgan fingerprint density at radius 2 is 2.00 bits per heavy atom. The van der Waals surface area contributed by atoms with E-state index in [-0.39, 0.29) is 6.04 Å². The van der Waals surface area contributed by atoms with Crippen LogP contribution in [0.5, 0.6) is 0 Å². The standard InChI is InChI=1S/C16H15N5O/c22-14-7-19-16-15(20-10-21(16)8-14)12-3-1-2-11(4-12)13-5-17-9-18-6-13/h1-6,9-10,14-15,22H,7-8H2. The summed E-state index contributed by atoms with van der Waals surface area (Å²) in [7, 11) is 0. The summed E-state index contributed by atoms with van der Waals surface area (Å²) in [5.74, 6) is 0.909. The molecule has 6 nitrogen and oxygen atoms in total. The zero-order chi connectivity index (χ0) is 14.9. The van der Waals surface area contributed by atoms with Crippen molar-refractivity contribution in [3.05, 3.63) is 48.5 Å². The molecule has 0 amide bonds. The van der Waals surface area contributed by atoms with Crippen molar-refractivity contribution in [2.45, 2.75) is 12.1 Å². The quantitative estimate of drug-likeness (QED) is 0.905. The van der Waals surface area contributed by atoms with E-state index in [4.69, 9.17) is 0 Å². The van der Waals surface area contributed by atoms with E-state index in [1.54, 1.807) is 18.7 Å². The largest absolute Gasteiger partial charge is 0.389 e. The zero-order valence-electron chi connectivity index (χ0n) is 11.9. The Labute approximate surface area is 127 Å². The first-order valence-corrected chi connectivity index (χ1v) is 7.19. The summed E-state index contributed by atoms with van der Waals surface area (Å²) in [6.45, 7) is 1.00. The smallest absolute Gasteiger partial charge is 0.134 e. The van der Waals surface area contributed by atoms with Gasteiger partial charge in [0.1, 0.15) is 18.2 Å². The average molecular weight is 293 g/mol. The van der Waals surface area contributed by atoms with E-state index in [0.717, 1.165) is 22.5 Å². The molecule has 6 heteroatoms. The van der Waals surface area contributed by atoms with Crippen LogP contribution in [0.25, 0.3) is 11.1 Å². The third-order valence-electron chi connectivity index (χ3n) is 3.86. The van der Waals surface area contributed by atoms with Crippen molar-refractivity contribution in [3.8, 4) is 11.1 Å². The van der Waals surface area contributed by atoms with Gasteiger partial charge in [0.15, 0.2) is 0 Å². The molecule has 0 spiro atoms. The average Bonchev–Trinajstić information content (AvgIpc) is 2.99. The van der Waals surface area contributed by atoms with E-state index in [2.05, 4.69) is 26.0 Å². The fourth-order valence-electron chi connectivity index (χ4n) is 2.80. The van der Waals surface area contributed by atoms with Gasteiger partial charge in [0.05, 0.1) is 25.5 Å². The number of aliphatic hydroxyl groups excluding tert-OH is 1. The monoisotopic (exact) mass is 293 g/mol. The van der Waals surface area contributed by atoms with E-state index in [9.17, 15) is 5.11 Å². The number of fused-ring (bicyclic) bond motifs is 1. The van der Waals surface area contributed by atoms with Crippen LogP contribution in [-0.4, -0.2) is 51.3 Å². The lowest BCUT2D eigenvalue weighted by atomic mass is 10.0. The second-order valence-electron chi connectivity index (χ2n) is 5.42. The molecule has 1 aromatic heterocycles. The van der Waals surface area contributed by atoms with Crippen LogP contribution in [0.1, 0.15) is 11.6 Å². The van der Waals surface area contributed by atoms with Crippen LogP contribution in [0.2, 0.25) is 0 Å². The van der Waals surface area contributed by atoms with Gasteiger partial charge in [0.25, 0.3) is 0 Å². The molecule has 3 heterocycles. The molecule has 1 aromatic carbocycles. The van der Waals surface area contributed by atoms with Crippen molar-refractivity contribution in [1.29, 1.82) is 0 Å². The Morgan fingerprint density at radius 3 is 2.86 bits per heavy atom. The van der Waals surface area contributed by atoms with Gasteiger partial charge in [-0.3, -0.25) is 9.98 Å². The lowest BCUT2D eigenvalue weighted by Crippen LogP contribution is -2.41. The number of aromatic nitrogens is 2. The number of rotatable bonds is 2. The molecule has 0 radical (unpaired) electrons. The lowest BCUT2D eigenvalue weighted by molar-refractivity contribution is 0.160. The predicted molar refractivity (Wildman–Crippen MR) is 83.7 cm³/mol. The Kier molecular flexibility index (Phi) is 3.16. The van der Waals surface area contributed by atoms with Crippen LogP contribution in [0.3, 0.4) is 0 Å². The van der Waals surface area contributed by atoms with Crippen molar-refractivity contribution in [2.75, 3.05) is 13.1 Å². The van der Waals surface area contributed by atoms with Crippen molar-refractivity contribution in [3.63, 3.8) is 0 Å². The number of nitrogens with zero attached hydrogens (tertiary/aromatic N) is 5. The van der Waals surface area contributed by atoms with E-state index in [1.807, 2.05) is 23.1 Å². The van der Waals surface area contributed by atoms with Crippen molar-refractivity contribution in [1.82, 2.24) is 14.9 Å². The fourth-order valence-corrected chi connectivity index (χ4v) is 2.80. The molecular formula is C16H15N5O. The van der Waals surface area contributed by atoms with Gasteiger partial charge in [-0.2, -0.15) is 0 Å². The summed E-state index contributed by atoms with van der Waals surface area (Å²) in [6, 6.07) is 8.08. The molecule has 2 unspecified atom stereocenters. The van der Waals surface area contributed by atoms with Gasteiger partial charge < -0.3 is 10.0 Å². The molecule has 2 aliphatic heterocycles. The molecule has 0 bridgehead atoms. The molecule has 0 saturated heterocycles. The predicted octanol–water partition coefficient (Wildman–Crippen LogP) is 1.30. The first-order chi connectivity index (χ1) is 10.8. The molecular weight excluding hydrogens is 278 g/mol. The van der Waals surface area contributed by atoms with E-state index < -0.39 is 6.10 Å². The first-order valence-electron chi connectivity index (χ1n) is 7.19. The molecule has 0 aliphatic carbocycles. The number of aliphatic hydroxyl groups is 1. The van der Waals surface area contributed by atoms with E-state index >= 15 is 0 Å². The first kappa shape index (κ1) is 13.1. The molecule has 4 rings (SSSR count). The van der Waals surface area contributed by atoms with Crippen LogP contribution in [-0.2, 0) is 0 Å². The molecule has 2 aliphatic rings. The fraction of sp³-hybridized carbons (Fsp3) is 0.250. The van der Waals surface area contributed by atoms with Crippen LogP contribution >= 0.6 is 0 Å². The summed E-state index contributed by atoms with van der Waals surface area (Å²) in [4.78, 5) is 19.1. The van der Waals surface area contributed by atoms with Crippen LogP contribution < -0.4 is 0 Å². The molecule has 2 atom stereocenters. The SMILES string of the molecule is OC1CN=C2C(c3cccc(-c4cncnc4)c3)N=CN2C1. The minimum absolute atomic E-state index is 0.0999. The number of hydrogen-bond acceptors (Lipinski definition) is 6. The van der Waals surface area contributed by atoms with E-state index in [0.29, 0.717) is 13.1 Å². The number of hydrogen-bond donors (Lipinski definition) is 1. The number of amidine groups is 1. The second-order valence-corrected chi connectivity index (χ2v) is 5.42. The minimum Gasteiger partial charge on any atom is -0.389 e. The zero-order valence-corrected chi connectivity index (χ0v) is 11.9. The molecule has 2 aromatic rings. The number of benzene rings is 1. The maximum Gasteiger partial charge on any atom is 0.134 e. The van der Waals surface area contributed by atoms with Gasteiger partial charge in [-0.05, 0) is 17.2 Å². The van der Waals surface area contributed by atoms with Gasteiger partial charge >= 0.3 is 0 Å². The Bertz CT molecular complexity index is 743. The van der Waals surface area contributed by atoms with Crippen LogP contribution in [0.4, 0.5) is 0 Å². The highest BCUT2D eigenvalue weighted by Crippen LogP contribution is 2.29. The Hall–Kier alpha value is -2.60. The summed E-state index contributed by atoms with van der Waals surface area (Å²) >= 11 is 0. The summed E-state index contributed by atoms with van der Waals surface area (Å²) < 4.78 is 0. The summed E-state index contributed by atoms with van der Waals surface area (Å²) in [5.41, 5.74) is 3.11. The van der Waals surface area contributed by atoms with Gasteiger partial charge in [0.2, 0.25) is 0 Å². The molecule has 0 fully saturated rings. The lowest BCUT2D eigenvalue weighted by Gasteiger charge is -2.26. The van der Waals surface area contributed by atoms with Crippen molar-refractivity contribution < 1.29 is 5.11 Å². The summed E-state index contributed by atoms with van der Waals surface area (Å²) in [5, 5.41) is 9.68. The highest BCUT2D eigenvalue weighted by Gasteiger charge is 2.31. The van der Waals surface area contributed by atoms with E-state index in [1.165, 1.54) is 6.33 Å². The molecule has 0 saturated carbocycles. The minimum atomic E-state index is -0.415. The van der Waals surface area contributed by atoms with Gasteiger partial charge in [-0.15, -0.1) is 0 Å². The third kappa shape index (κ3) is 2.27. The van der Waals surface area contributed by atoms with Crippen LogP contribution in [0.15, 0.2) is 53.0 Å². The van der Waals surface area contributed by atoms with Crippen molar-refractivity contribution in [2.24, 2.45) is 9.98 Å². The topological polar surface area (TPSA) is 74.0 Å². The summed E-state index contributed by atoms with van der Waals surface area (Å²) in [6.07, 6.45) is 6.47. The number of aliphatic imine (C=N–C) groups is 2. The normalized spacial score (nSPS) is 23.3.